The molecule has 0 aliphatic carbocycles. The molecule has 0 aliphatic heterocycles. The lowest BCUT2D eigenvalue weighted by Crippen LogP contribution is -2.01. The van der Waals surface area contributed by atoms with Crippen molar-refractivity contribution < 1.29 is 8.83 Å². The van der Waals surface area contributed by atoms with Crippen LogP contribution in [0.5, 0.6) is 0 Å². The first kappa shape index (κ1) is 35.2. The fraction of sp³-hybridized carbons (Fsp3) is 0. The van der Waals surface area contributed by atoms with E-state index in [0.29, 0.717) is 17.5 Å². The van der Waals surface area contributed by atoms with E-state index in [4.69, 9.17) is 23.8 Å². The molecule has 63 heavy (non-hydrogen) atoms. The SMILES string of the molecule is c1ccc(-c2ccc3oc4cccc(-c5ccc6oc7cccc(-c8nc(-c9ccccc9)nc(-c9cccc(-n%10c%11ccccc%11c%11ccccc%11%10)c9)n8)c7c6c5)c4c3c2)cc1. The van der Waals surface area contributed by atoms with Crippen molar-refractivity contribution in [1.82, 2.24) is 19.5 Å². The van der Waals surface area contributed by atoms with Crippen molar-refractivity contribution in [2.45, 2.75) is 0 Å². The van der Waals surface area contributed by atoms with Crippen molar-refractivity contribution in [3.05, 3.63) is 206 Å². The highest BCUT2D eigenvalue weighted by Gasteiger charge is 2.21. The average molecular weight is 807 g/mol. The average Bonchev–Trinajstić information content (AvgIpc) is 4.04. The molecule has 0 N–H and O–H groups in total. The molecule has 0 unspecified atom stereocenters. The van der Waals surface area contributed by atoms with Gasteiger partial charge in [0.15, 0.2) is 17.5 Å². The van der Waals surface area contributed by atoms with Gasteiger partial charge in [-0.1, -0.05) is 146 Å². The second kappa shape index (κ2) is 14.0. The van der Waals surface area contributed by atoms with Gasteiger partial charge in [-0.2, -0.15) is 0 Å². The quantitative estimate of drug-likeness (QED) is 0.167. The van der Waals surface area contributed by atoms with Gasteiger partial charge in [-0.3, -0.25) is 0 Å². The van der Waals surface area contributed by atoms with E-state index in [-0.39, 0.29) is 0 Å². The van der Waals surface area contributed by atoms with Gasteiger partial charge in [0.05, 0.1) is 11.0 Å². The maximum absolute atomic E-state index is 6.58. The number of nitrogens with zero attached hydrogens (tertiary/aromatic N) is 4. The van der Waals surface area contributed by atoms with Crippen molar-refractivity contribution in [2.24, 2.45) is 0 Å². The lowest BCUT2D eigenvalue weighted by molar-refractivity contribution is 0.669. The van der Waals surface area contributed by atoms with Crippen molar-refractivity contribution in [3.63, 3.8) is 0 Å². The van der Waals surface area contributed by atoms with E-state index in [1.807, 2.05) is 54.6 Å². The molecule has 0 bridgehead atoms. The Morgan fingerprint density at radius 2 is 0.810 bits per heavy atom. The number of rotatable bonds is 6. The van der Waals surface area contributed by atoms with Gasteiger partial charge in [0.1, 0.15) is 22.3 Å². The summed E-state index contributed by atoms with van der Waals surface area (Å²) in [4.78, 5) is 15.6. The number of benzene rings is 9. The Morgan fingerprint density at radius 3 is 1.49 bits per heavy atom. The molecule has 0 amide bonds. The van der Waals surface area contributed by atoms with Gasteiger partial charge >= 0.3 is 0 Å². The normalized spacial score (nSPS) is 11.8. The van der Waals surface area contributed by atoms with Crippen molar-refractivity contribution in [1.29, 1.82) is 0 Å². The van der Waals surface area contributed by atoms with Crippen LogP contribution < -0.4 is 0 Å². The summed E-state index contributed by atoms with van der Waals surface area (Å²) < 4.78 is 15.3. The molecule has 13 rings (SSSR count). The topological polar surface area (TPSA) is 69.9 Å². The van der Waals surface area contributed by atoms with Gasteiger partial charge in [0, 0.05) is 54.7 Å². The first-order valence-corrected chi connectivity index (χ1v) is 21.1. The molecule has 294 valence electrons. The summed E-state index contributed by atoms with van der Waals surface area (Å²) in [6.07, 6.45) is 0. The van der Waals surface area contributed by atoms with E-state index < -0.39 is 0 Å². The van der Waals surface area contributed by atoms with Gasteiger partial charge in [-0.25, -0.2) is 15.0 Å². The summed E-state index contributed by atoms with van der Waals surface area (Å²) in [6.45, 7) is 0. The zero-order valence-electron chi connectivity index (χ0n) is 33.7. The van der Waals surface area contributed by atoms with Crippen molar-refractivity contribution >= 4 is 65.7 Å². The predicted molar refractivity (Wildman–Crippen MR) is 256 cm³/mol. The number of fused-ring (bicyclic) bond motifs is 9. The molecule has 4 heterocycles. The zero-order valence-corrected chi connectivity index (χ0v) is 33.7. The van der Waals surface area contributed by atoms with E-state index in [1.54, 1.807) is 0 Å². The first-order chi connectivity index (χ1) is 31.2. The zero-order chi connectivity index (χ0) is 41.4. The molecule has 0 aliphatic rings. The minimum Gasteiger partial charge on any atom is -0.456 e. The molecular weight excluding hydrogens is 773 g/mol. The summed E-state index contributed by atoms with van der Waals surface area (Å²) in [7, 11) is 0. The molecular formula is C57H34N4O2. The van der Waals surface area contributed by atoms with Gasteiger partial charge in [-0.05, 0) is 82.9 Å². The third-order valence-corrected chi connectivity index (χ3v) is 12.3. The smallest absolute Gasteiger partial charge is 0.164 e. The second-order valence-corrected chi connectivity index (χ2v) is 15.9. The third-order valence-electron chi connectivity index (χ3n) is 12.3. The van der Waals surface area contributed by atoms with E-state index in [1.165, 1.54) is 10.8 Å². The molecule has 13 aromatic rings. The minimum atomic E-state index is 0.566. The lowest BCUT2D eigenvalue weighted by atomic mass is 9.96. The maximum Gasteiger partial charge on any atom is 0.164 e. The molecule has 0 radical (unpaired) electrons. The third kappa shape index (κ3) is 5.69. The number of hydrogen-bond acceptors (Lipinski definition) is 5. The molecule has 4 aromatic heterocycles. The largest absolute Gasteiger partial charge is 0.456 e. The molecule has 6 nitrogen and oxygen atoms in total. The van der Waals surface area contributed by atoms with Crippen LogP contribution in [0.2, 0.25) is 0 Å². The van der Waals surface area contributed by atoms with Crippen LogP contribution in [0.1, 0.15) is 0 Å². The molecule has 0 saturated carbocycles. The van der Waals surface area contributed by atoms with Crippen molar-refractivity contribution in [2.75, 3.05) is 0 Å². The molecule has 0 spiro atoms. The van der Waals surface area contributed by atoms with Crippen LogP contribution in [0.15, 0.2) is 215 Å². The van der Waals surface area contributed by atoms with Gasteiger partial charge in [0.25, 0.3) is 0 Å². The molecule has 0 saturated heterocycles. The summed E-state index contributed by atoms with van der Waals surface area (Å²) in [5.74, 6) is 1.74. The monoisotopic (exact) mass is 806 g/mol. The molecule has 9 aromatic carbocycles. The maximum atomic E-state index is 6.58. The summed E-state index contributed by atoms with van der Waals surface area (Å²) in [5, 5.41) is 6.50. The van der Waals surface area contributed by atoms with Crippen LogP contribution in [0, 0.1) is 0 Å². The number of hydrogen-bond donors (Lipinski definition) is 0. The van der Waals surface area contributed by atoms with Crippen LogP contribution in [0.25, 0.3) is 128 Å². The number of para-hydroxylation sites is 2. The van der Waals surface area contributed by atoms with Crippen LogP contribution in [0.3, 0.4) is 0 Å². The predicted octanol–water partition coefficient (Wildman–Crippen LogP) is 15.1. The Morgan fingerprint density at radius 1 is 0.302 bits per heavy atom. The Balaban J connectivity index is 0.991. The molecule has 0 fully saturated rings. The first-order valence-electron chi connectivity index (χ1n) is 21.1. The van der Waals surface area contributed by atoms with Gasteiger partial charge in [0.2, 0.25) is 0 Å². The number of furan rings is 2. The fourth-order valence-electron chi connectivity index (χ4n) is 9.38. The highest BCUT2D eigenvalue weighted by molar-refractivity contribution is 6.16. The Hall–Kier alpha value is -8.61. The van der Waals surface area contributed by atoms with E-state index in [0.717, 1.165) is 99.5 Å². The summed E-state index contributed by atoms with van der Waals surface area (Å²) in [5.41, 5.74) is 13.7. The summed E-state index contributed by atoms with van der Waals surface area (Å²) in [6, 6.07) is 71.5. The van der Waals surface area contributed by atoms with Gasteiger partial charge < -0.3 is 13.4 Å². The van der Waals surface area contributed by atoms with E-state index >= 15 is 0 Å². The fourth-order valence-corrected chi connectivity index (χ4v) is 9.38. The van der Waals surface area contributed by atoms with Crippen LogP contribution in [-0.2, 0) is 0 Å². The minimum absolute atomic E-state index is 0.566. The lowest BCUT2D eigenvalue weighted by Gasteiger charge is -2.12. The Labute approximate surface area is 361 Å². The van der Waals surface area contributed by atoms with Gasteiger partial charge in [-0.15, -0.1) is 0 Å². The summed E-state index contributed by atoms with van der Waals surface area (Å²) >= 11 is 0. The van der Waals surface area contributed by atoms with Crippen LogP contribution >= 0.6 is 0 Å². The highest BCUT2D eigenvalue weighted by atomic mass is 16.3. The second-order valence-electron chi connectivity index (χ2n) is 15.9. The molecule has 6 heteroatoms. The van der Waals surface area contributed by atoms with Crippen LogP contribution in [-0.4, -0.2) is 19.5 Å². The van der Waals surface area contributed by atoms with Crippen molar-refractivity contribution in [3.8, 4) is 62.1 Å². The Bertz CT molecular complexity index is 3870. The van der Waals surface area contributed by atoms with Crippen LogP contribution in [0.4, 0.5) is 0 Å². The highest BCUT2D eigenvalue weighted by Crippen LogP contribution is 2.42. The standard InChI is InChI=1S/C57H34N4O2/c1-3-14-35(15-4-1)37-28-30-49-45(33-37)53-41(22-12-26-51(53)62-49)38-29-31-50-46(34-38)54-44(23-13-27-52(54)63-50)57-59-55(36-16-5-2-6-17-36)58-56(60-57)39-18-11-19-40(32-39)61-47-24-9-7-20-42(47)43-21-8-10-25-48(43)61/h1-34H. The number of aromatic nitrogens is 4. The molecule has 0 atom stereocenters. The Kier molecular flexibility index (Phi) is 7.80. The van der Waals surface area contributed by atoms with E-state index in [2.05, 4.69) is 156 Å². The van der Waals surface area contributed by atoms with E-state index in [9.17, 15) is 0 Å².